The summed E-state index contributed by atoms with van der Waals surface area (Å²) in [5.41, 5.74) is 0. The van der Waals surface area contributed by atoms with E-state index in [1.807, 2.05) is 0 Å². The lowest BCUT2D eigenvalue weighted by molar-refractivity contribution is 0.215. The average Bonchev–Trinajstić information content (AvgIpc) is 2.14. The molecular weight excluding hydrogens is 376 g/mol. The molecule has 0 bridgehead atoms. The van der Waals surface area contributed by atoms with Gasteiger partial charge in [0.15, 0.2) is 14.4 Å². The average molecular weight is 376 g/mol. The quantitative estimate of drug-likeness (QED) is 0.632. The van der Waals surface area contributed by atoms with Gasteiger partial charge < -0.3 is 0 Å². The van der Waals surface area contributed by atoms with Crippen LogP contribution in [0, 0.1) is 0 Å². The number of halogens is 6. The molecule has 0 saturated carbocycles. The topological polar surface area (TPSA) is 32.0 Å². The molecule has 14 heavy (non-hydrogen) atoms. The Bertz CT molecular complexity index is 360. The van der Waals surface area contributed by atoms with Crippen molar-refractivity contribution in [2.45, 2.75) is 4.64 Å². The summed E-state index contributed by atoms with van der Waals surface area (Å²) >= 11 is 33.9. The maximum Gasteiger partial charge on any atom is 0.329 e. The largest absolute Gasteiger partial charge is 0.329 e. The second-order valence-corrected chi connectivity index (χ2v) is 9.84. The monoisotopic (exact) mass is 373 g/mol. The highest BCUT2D eigenvalue weighted by atomic mass is 35.7. The molecule has 0 radical (unpaired) electrons. The number of hydrogen-bond donors (Lipinski definition) is 0. The van der Waals surface area contributed by atoms with Gasteiger partial charge in [0.25, 0.3) is 0 Å². The van der Waals surface area contributed by atoms with Crippen molar-refractivity contribution in [1.29, 1.82) is 0 Å². The number of rotatable bonds is 2. The molecule has 0 aromatic carbocycles. The Hall–Kier alpha value is 2.00. The highest BCUT2D eigenvalue weighted by molar-refractivity contribution is 7.85. The zero-order chi connectivity index (χ0) is 10.9. The molecular formula is CCl6N3OP3. The van der Waals surface area contributed by atoms with E-state index in [-0.39, 0.29) is 0 Å². The lowest BCUT2D eigenvalue weighted by Gasteiger charge is -2.19. The molecule has 0 N–H and O–H groups in total. The van der Waals surface area contributed by atoms with Crippen molar-refractivity contribution in [3.05, 3.63) is 0 Å². The van der Waals surface area contributed by atoms with Gasteiger partial charge in [0.2, 0.25) is 0 Å². The van der Waals surface area contributed by atoms with E-state index in [4.69, 9.17) is 69.3 Å². The van der Waals surface area contributed by atoms with Crippen LogP contribution in [0.15, 0.2) is 0 Å². The van der Waals surface area contributed by atoms with Crippen LogP contribution in [0.3, 0.4) is 0 Å². The summed E-state index contributed by atoms with van der Waals surface area (Å²) < 4.78 is 8.80. The molecule has 0 amide bonds. The van der Waals surface area contributed by atoms with Gasteiger partial charge in [-0.2, -0.15) is 8.12 Å². The summed E-state index contributed by atoms with van der Waals surface area (Å²) in [5.74, 6) is 0. The van der Waals surface area contributed by atoms with E-state index in [0.717, 1.165) is 3.61 Å². The molecule has 1 heterocycles. The molecule has 0 spiro atoms. The first kappa shape index (κ1) is 14.1. The minimum Gasteiger partial charge on any atom is -0.218 e. The fourth-order valence-corrected chi connectivity index (χ4v) is 7.83. The summed E-state index contributed by atoms with van der Waals surface area (Å²) in [5, 5.41) is 0. The molecule has 4 nitrogen and oxygen atoms in total. The third kappa shape index (κ3) is 3.02. The van der Waals surface area contributed by atoms with Crippen LogP contribution in [-0.4, -0.2) is 12.2 Å². The molecule has 82 valence electrons. The van der Waals surface area contributed by atoms with Crippen LogP contribution in [0.4, 0.5) is 0 Å². The van der Waals surface area contributed by atoms with Crippen molar-refractivity contribution < 1.29 is 4.29 Å². The zero-order valence-corrected chi connectivity index (χ0v) is 13.1. The van der Waals surface area contributed by atoms with Crippen LogP contribution in [0.5, 0.6) is 0 Å². The molecule has 0 aliphatic carbocycles. The van der Waals surface area contributed by atoms with Crippen LogP contribution >= 0.6 is 92.2 Å². The summed E-state index contributed by atoms with van der Waals surface area (Å²) in [6.45, 7) is 0. The number of nitrogens with zero attached hydrogens (tertiary/aromatic N) is 3. The van der Waals surface area contributed by atoms with Crippen molar-refractivity contribution in [2.75, 3.05) is 0 Å². The van der Waals surface area contributed by atoms with Crippen LogP contribution in [0.2, 0.25) is 0 Å². The molecule has 2 unspecified atom stereocenters. The van der Waals surface area contributed by atoms with Gasteiger partial charge in [0.1, 0.15) is 8.51 Å². The van der Waals surface area contributed by atoms with Gasteiger partial charge in [-0.05, 0) is 45.7 Å². The first-order valence-corrected chi connectivity index (χ1v) is 9.17. The Morgan fingerprint density at radius 2 is 1.93 bits per heavy atom. The summed E-state index contributed by atoms with van der Waals surface area (Å²) in [6.07, 6.45) is 0. The second kappa shape index (κ2) is 5.56. The van der Waals surface area contributed by atoms with Gasteiger partial charge in [-0.1, -0.05) is 0 Å². The Morgan fingerprint density at radius 3 is 2.43 bits per heavy atom. The third-order valence-electron chi connectivity index (χ3n) is 0.953. The van der Waals surface area contributed by atoms with Crippen LogP contribution in [0.1, 0.15) is 0 Å². The van der Waals surface area contributed by atoms with E-state index < -0.39 is 19.1 Å². The van der Waals surface area contributed by atoms with Crippen LogP contribution < -0.4 is 0 Å². The van der Waals surface area contributed by atoms with Crippen LogP contribution in [-0.2, 0) is 8.93 Å². The molecule has 1 aromatic rings. The standard InChI is InChI=1S/CCl6N3OP3/c2-1(3,11-5)9-12-8-13(6)10(4)14(9)7. The van der Waals surface area contributed by atoms with Crippen molar-refractivity contribution in [3.8, 4) is 0 Å². The lowest BCUT2D eigenvalue weighted by atomic mass is 11.3. The van der Waals surface area contributed by atoms with Gasteiger partial charge in [0, 0.05) is 11.8 Å². The first-order chi connectivity index (χ1) is 6.40. The molecule has 0 aliphatic rings. The third-order valence-corrected chi connectivity index (χ3v) is 10.8. The lowest BCUT2D eigenvalue weighted by Crippen LogP contribution is -2.17. The molecule has 0 aliphatic heterocycles. The zero-order valence-electron chi connectivity index (χ0n) is 5.86. The van der Waals surface area contributed by atoms with E-state index >= 15 is 0 Å². The van der Waals surface area contributed by atoms with Crippen molar-refractivity contribution >= 4 is 92.2 Å². The van der Waals surface area contributed by atoms with E-state index in [1.54, 1.807) is 0 Å². The highest BCUT2D eigenvalue weighted by Gasteiger charge is 2.31. The number of alkyl halides is 2. The molecule has 13 heteroatoms. The van der Waals surface area contributed by atoms with Gasteiger partial charge in [-0.25, -0.2) is 8.38 Å². The Morgan fingerprint density at radius 1 is 1.36 bits per heavy atom. The number of hydrogen-bond acceptors (Lipinski definition) is 2. The van der Waals surface area contributed by atoms with Gasteiger partial charge in [0.05, 0.1) is 11.9 Å². The van der Waals surface area contributed by atoms with Crippen molar-refractivity contribution in [2.24, 2.45) is 0 Å². The molecule has 0 saturated heterocycles. The highest BCUT2D eigenvalue weighted by Crippen LogP contribution is 2.51. The molecule has 0 fully saturated rings. The van der Waals surface area contributed by atoms with Gasteiger partial charge in [-0.15, -0.1) is 0 Å². The fourth-order valence-electron chi connectivity index (χ4n) is 0.447. The van der Waals surface area contributed by atoms with E-state index in [9.17, 15) is 0 Å². The normalized spacial score (nSPS) is 15.0. The maximum atomic E-state index is 5.93. The van der Waals surface area contributed by atoms with E-state index in [2.05, 4.69) is 8.80 Å². The minimum atomic E-state index is -1.79. The van der Waals surface area contributed by atoms with E-state index in [1.165, 1.54) is 4.09 Å². The smallest absolute Gasteiger partial charge is 0.218 e. The predicted molar refractivity (Wildman–Crippen MR) is 66.1 cm³/mol. The Balaban J connectivity index is 3.31. The van der Waals surface area contributed by atoms with Crippen LogP contribution in [0.25, 0.3) is 0 Å². The van der Waals surface area contributed by atoms with Gasteiger partial charge in [-0.3, -0.25) is 0 Å². The summed E-state index contributed by atoms with van der Waals surface area (Å²) in [4.78, 5) is 0. The second-order valence-electron chi connectivity index (χ2n) is 1.75. The molecule has 2 atom stereocenters. The van der Waals surface area contributed by atoms with Gasteiger partial charge >= 0.3 is 4.64 Å². The van der Waals surface area contributed by atoms with Crippen molar-refractivity contribution in [3.63, 3.8) is 0 Å². The predicted octanol–water partition coefficient (Wildman–Crippen LogP) is 5.58. The maximum absolute atomic E-state index is 5.93. The fraction of sp³-hybridized carbons (Fsp3) is 1.00. The first-order valence-electron chi connectivity index (χ1n) is 2.67. The minimum absolute atomic E-state index is 0.359. The van der Waals surface area contributed by atoms with E-state index in [0.29, 0.717) is 8.51 Å². The Kier molecular flexibility index (Phi) is 5.58. The SMILES string of the molecule is ClOC(Cl)(Cl)n1pnp(Cl)n(Cl)p1Cl. The molecule has 1 aromatic heterocycles. The summed E-state index contributed by atoms with van der Waals surface area (Å²) in [6, 6.07) is 0. The molecule has 1 rings (SSSR count). The van der Waals surface area contributed by atoms with Crippen molar-refractivity contribution in [1.82, 2.24) is 12.2 Å². The Labute approximate surface area is 113 Å². The summed E-state index contributed by atoms with van der Waals surface area (Å²) in [7, 11) is -2.52. The number of aromatic nitrogens is 3.